The Morgan fingerprint density at radius 2 is 2.29 bits per heavy atom. The minimum absolute atomic E-state index is 0.178. The number of amides is 1. The van der Waals surface area contributed by atoms with Crippen molar-refractivity contribution in [2.24, 2.45) is 0 Å². The first-order valence-electron chi connectivity index (χ1n) is 7.44. The van der Waals surface area contributed by atoms with Gasteiger partial charge in [-0.2, -0.15) is 5.10 Å². The summed E-state index contributed by atoms with van der Waals surface area (Å²) in [7, 11) is 0. The van der Waals surface area contributed by atoms with Gasteiger partial charge in [0.25, 0.3) is 0 Å². The van der Waals surface area contributed by atoms with E-state index >= 15 is 0 Å². The van der Waals surface area contributed by atoms with Gasteiger partial charge in [0.2, 0.25) is 5.91 Å². The lowest BCUT2D eigenvalue weighted by molar-refractivity contribution is -0.135. The van der Waals surface area contributed by atoms with E-state index in [0.717, 1.165) is 30.8 Å². The summed E-state index contributed by atoms with van der Waals surface area (Å²) in [4.78, 5) is 16.2. The van der Waals surface area contributed by atoms with Gasteiger partial charge >= 0.3 is 0 Å². The first-order valence-corrected chi connectivity index (χ1v) is 8.32. The molecule has 0 radical (unpaired) electrons. The fraction of sp³-hybridized carbons (Fsp3) is 0.500. The number of hydrogen-bond acceptors (Lipinski definition) is 3. The van der Waals surface area contributed by atoms with Gasteiger partial charge < -0.3 is 4.90 Å². The van der Waals surface area contributed by atoms with Crippen LogP contribution in [-0.4, -0.2) is 27.1 Å². The number of carbonyl (C=O) groups excluding carboxylic acids is 1. The van der Waals surface area contributed by atoms with Crippen molar-refractivity contribution < 1.29 is 4.79 Å². The van der Waals surface area contributed by atoms with E-state index in [1.807, 2.05) is 36.4 Å². The lowest BCUT2D eigenvalue weighted by atomic mass is 10.1. The van der Waals surface area contributed by atoms with Crippen molar-refractivity contribution in [2.45, 2.75) is 45.7 Å². The van der Waals surface area contributed by atoms with Crippen LogP contribution in [0.4, 0.5) is 0 Å². The number of thiophene rings is 1. The summed E-state index contributed by atoms with van der Waals surface area (Å²) in [6.45, 7) is 6.77. The fourth-order valence-electron chi connectivity index (χ4n) is 3.19. The molecule has 2 aromatic rings. The molecule has 2 atom stereocenters. The predicted octanol–water partition coefficient (Wildman–Crippen LogP) is 3.49. The van der Waals surface area contributed by atoms with E-state index < -0.39 is 0 Å². The van der Waals surface area contributed by atoms with Crippen molar-refractivity contribution in [3.8, 4) is 0 Å². The van der Waals surface area contributed by atoms with Crippen molar-refractivity contribution in [3.63, 3.8) is 0 Å². The average Bonchev–Trinajstić information content (AvgIpc) is 3.16. The van der Waals surface area contributed by atoms with Crippen LogP contribution in [0.3, 0.4) is 0 Å². The maximum Gasteiger partial charge on any atom is 0.247 e. The van der Waals surface area contributed by atoms with Gasteiger partial charge in [0.05, 0.1) is 11.7 Å². The topological polar surface area (TPSA) is 38.1 Å². The Balaban J connectivity index is 1.82. The lowest BCUT2D eigenvalue weighted by Crippen LogP contribution is -2.36. The molecule has 0 N–H and O–H groups in total. The highest BCUT2D eigenvalue weighted by Gasteiger charge is 2.34. The van der Waals surface area contributed by atoms with Crippen LogP contribution in [-0.2, 0) is 4.79 Å². The lowest BCUT2D eigenvalue weighted by Gasteiger charge is -2.27. The highest BCUT2D eigenvalue weighted by atomic mass is 32.1. The van der Waals surface area contributed by atoms with E-state index in [4.69, 9.17) is 0 Å². The number of rotatable bonds is 3. The summed E-state index contributed by atoms with van der Waals surface area (Å²) < 4.78 is 1.85. The SMILES string of the molecule is Cc1cc(C)n([C@@H](C)C(=O)N2CCC[C@@H]2c2cccs2)n1. The number of nitrogens with zero attached hydrogens (tertiary/aromatic N) is 3. The third kappa shape index (κ3) is 2.62. The van der Waals surface area contributed by atoms with Crippen LogP contribution in [0.2, 0.25) is 0 Å². The summed E-state index contributed by atoms with van der Waals surface area (Å²) >= 11 is 1.74. The molecule has 0 aliphatic carbocycles. The molecule has 0 spiro atoms. The van der Waals surface area contributed by atoms with Crippen LogP contribution in [0.5, 0.6) is 0 Å². The Kier molecular flexibility index (Phi) is 3.85. The Bertz CT molecular complexity index is 632. The zero-order chi connectivity index (χ0) is 15.0. The van der Waals surface area contributed by atoms with Gasteiger partial charge in [-0.05, 0) is 51.1 Å². The summed E-state index contributed by atoms with van der Waals surface area (Å²) in [5, 5.41) is 6.55. The van der Waals surface area contributed by atoms with E-state index in [1.165, 1.54) is 4.88 Å². The molecule has 2 aromatic heterocycles. The molecule has 1 fully saturated rings. The van der Waals surface area contributed by atoms with Crippen LogP contribution < -0.4 is 0 Å². The first-order chi connectivity index (χ1) is 10.1. The van der Waals surface area contributed by atoms with Crippen LogP contribution >= 0.6 is 11.3 Å². The van der Waals surface area contributed by atoms with Crippen molar-refractivity contribution in [2.75, 3.05) is 6.54 Å². The van der Waals surface area contributed by atoms with Gasteiger partial charge in [-0.15, -0.1) is 11.3 Å². The third-order valence-corrected chi connectivity index (χ3v) is 5.15. The highest BCUT2D eigenvalue weighted by molar-refractivity contribution is 7.10. The fourth-order valence-corrected chi connectivity index (χ4v) is 4.06. The molecule has 1 aliphatic rings. The first kappa shape index (κ1) is 14.3. The Morgan fingerprint density at radius 3 is 2.90 bits per heavy atom. The van der Waals surface area contributed by atoms with E-state index in [2.05, 4.69) is 22.6 Å². The largest absolute Gasteiger partial charge is 0.333 e. The van der Waals surface area contributed by atoms with E-state index in [-0.39, 0.29) is 18.0 Å². The molecule has 0 aromatic carbocycles. The van der Waals surface area contributed by atoms with Crippen LogP contribution in [0.1, 0.15) is 48.1 Å². The number of carbonyl (C=O) groups is 1. The van der Waals surface area contributed by atoms with Crippen LogP contribution in [0.15, 0.2) is 23.6 Å². The molecule has 5 heteroatoms. The summed E-state index contributed by atoms with van der Waals surface area (Å²) in [5.74, 6) is 0.178. The average molecular weight is 303 g/mol. The summed E-state index contributed by atoms with van der Waals surface area (Å²) in [6, 6.07) is 6.22. The van der Waals surface area contributed by atoms with E-state index in [0.29, 0.717) is 0 Å². The van der Waals surface area contributed by atoms with Crippen molar-refractivity contribution in [1.29, 1.82) is 0 Å². The summed E-state index contributed by atoms with van der Waals surface area (Å²) in [5.41, 5.74) is 2.00. The van der Waals surface area contributed by atoms with Crippen LogP contribution in [0.25, 0.3) is 0 Å². The zero-order valence-corrected chi connectivity index (χ0v) is 13.6. The molecule has 0 bridgehead atoms. The van der Waals surface area contributed by atoms with Gasteiger partial charge in [0.1, 0.15) is 6.04 Å². The Morgan fingerprint density at radius 1 is 1.48 bits per heavy atom. The maximum atomic E-state index is 12.9. The van der Waals surface area contributed by atoms with Crippen molar-refractivity contribution in [1.82, 2.24) is 14.7 Å². The zero-order valence-electron chi connectivity index (χ0n) is 12.7. The quantitative estimate of drug-likeness (QED) is 0.870. The van der Waals surface area contributed by atoms with Gasteiger partial charge in [-0.3, -0.25) is 9.48 Å². The molecule has 112 valence electrons. The molecule has 0 unspecified atom stereocenters. The molecule has 1 aliphatic heterocycles. The third-order valence-electron chi connectivity index (χ3n) is 4.18. The molecule has 1 amide bonds. The normalized spacial score (nSPS) is 20.0. The summed E-state index contributed by atoms with van der Waals surface area (Å²) in [6.07, 6.45) is 2.15. The van der Waals surface area contributed by atoms with Gasteiger partial charge in [0, 0.05) is 17.1 Å². The monoisotopic (exact) mass is 303 g/mol. The minimum Gasteiger partial charge on any atom is -0.333 e. The molecule has 4 nitrogen and oxygen atoms in total. The molecule has 3 rings (SSSR count). The number of hydrogen-bond donors (Lipinski definition) is 0. The van der Waals surface area contributed by atoms with Crippen molar-refractivity contribution >= 4 is 17.2 Å². The molecule has 21 heavy (non-hydrogen) atoms. The smallest absolute Gasteiger partial charge is 0.247 e. The minimum atomic E-state index is -0.237. The molecular formula is C16H21N3OS. The van der Waals surface area contributed by atoms with Gasteiger partial charge in [-0.25, -0.2) is 0 Å². The second kappa shape index (κ2) is 5.64. The second-order valence-corrected chi connectivity index (χ2v) is 6.73. The highest BCUT2D eigenvalue weighted by Crippen LogP contribution is 2.35. The van der Waals surface area contributed by atoms with Crippen LogP contribution in [0, 0.1) is 13.8 Å². The number of aromatic nitrogens is 2. The van der Waals surface area contributed by atoms with Gasteiger partial charge in [0.15, 0.2) is 0 Å². The molecule has 3 heterocycles. The standard InChI is InChI=1S/C16H21N3OS/c1-11-10-12(2)19(17-11)13(3)16(20)18-8-4-6-14(18)15-7-5-9-21-15/h5,7,9-10,13-14H,4,6,8H2,1-3H3/t13-,14+/m0/s1. The van der Waals surface area contributed by atoms with E-state index in [1.54, 1.807) is 11.3 Å². The van der Waals surface area contributed by atoms with Gasteiger partial charge in [-0.1, -0.05) is 6.07 Å². The second-order valence-electron chi connectivity index (χ2n) is 5.75. The molecule has 0 saturated carbocycles. The molecule has 1 saturated heterocycles. The van der Waals surface area contributed by atoms with Crippen molar-refractivity contribution in [3.05, 3.63) is 39.8 Å². The van der Waals surface area contributed by atoms with E-state index in [9.17, 15) is 4.79 Å². The number of aryl methyl sites for hydroxylation is 2. The Labute approximate surface area is 129 Å². The molecular weight excluding hydrogens is 282 g/mol. The Hall–Kier alpha value is -1.62. The maximum absolute atomic E-state index is 12.9. The predicted molar refractivity (Wildman–Crippen MR) is 84.4 cm³/mol. The number of likely N-dealkylation sites (tertiary alicyclic amines) is 1.